The lowest BCUT2D eigenvalue weighted by atomic mass is 10.0. The minimum absolute atomic E-state index is 0.0586. The number of rotatable bonds is 4. The fourth-order valence-electron chi connectivity index (χ4n) is 2.21. The maximum Gasteiger partial charge on any atom is 0.127 e. The molecule has 1 nitrogen and oxygen atoms in total. The van der Waals surface area contributed by atoms with E-state index >= 15 is 0 Å². The average Bonchev–Trinajstić information content (AvgIpc) is 2.39. The first-order valence-electron chi connectivity index (χ1n) is 6.34. The number of benzene rings is 2. The van der Waals surface area contributed by atoms with Crippen molar-refractivity contribution in [1.29, 1.82) is 0 Å². The lowest BCUT2D eigenvalue weighted by Crippen LogP contribution is -2.23. The molecular weight excluding hydrogens is 261 g/mol. The minimum atomic E-state index is -0.186. The second-order valence-corrected chi connectivity index (χ2v) is 5.06. The lowest BCUT2D eigenvalue weighted by Gasteiger charge is -2.21. The largest absolute Gasteiger partial charge is 0.303 e. The molecule has 100 valence electrons. The summed E-state index contributed by atoms with van der Waals surface area (Å²) in [6.07, 6.45) is 0. The number of hydrogen-bond donors (Lipinski definition) is 1. The van der Waals surface area contributed by atoms with Crippen molar-refractivity contribution in [2.75, 3.05) is 0 Å². The zero-order valence-corrected chi connectivity index (χ0v) is 11.8. The van der Waals surface area contributed by atoms with Crippen molar-refractivity contribution in [3.63, 3.8) is 0 Å². The molecule has 19 heavy (non-hydrogen) atoms. The van der Waals surface area contributed by atoms with Crippen LogP contribution in [-0.4, -0.2) is 0 Å². The van der Waals surface area contributed by atoms with Crippen LogP contribution in [0.5, 0.6) is 0 Å². The Hall–Kier alpha value is -1.38. The molecule has 0 saturated heterocycles. The molecule has 0 heterocycles. The fourth-order valence-corrected chi connectivity index (χ4v) is 2.51. The summed E-state index contributed by atoms with van der Waals surface area (Å²) in [7, 11) is 0. The average molecular weight is 278 g/mol. The summed E-state index contributed by atoms with van der Waals surface area (Å²) < 4.78 is 13.7. The van der Waals surface area contributed by atoms with Crippen molar-refractivity contribution < 1.29 is 4.39 Å². The molecule has 0 aromatic heterocycles. The third-order valence-electron chi connectivity index (χ3n) is 3.24. The zero-order chi connectivity index (χ0) is 13.8. The molecule has 2 atom stereocenters. The maximum atomic E-state index is 13.7. The van der Waals surface area contributed by atoms with E-state index in [9.17, 15) is 4.39 Å². The molecule has 1 N–H and O–H groups in total. The molecule has 0 amide bonds. The molecular formula is C16H17ClFN. The van der Waals surface area contributed by atoms with E-state index in [-0.39, 0.29) is 17.9 Å². The summed E-state index contributed by atoms with van der Waals surface area (Å²) in [5.74, 6) is -0.186. The number of halogens is 2. The van der Waals surface area contributed by atoms with Gasteiger partial charge in [-0.25, -0.2) is 4.39 Å². The summed E-state index contributed by atoms with van der Waals surface area (Å²) in [5, 5.41) is 4.09. The van der Waals surface area contributed by atoms with Crippen molar-refractivity contribution in [3.05, 3.63) is 70.5 Å². The lowest BCUT2D eigenvalue weighted by molar-refractivity contribution is 0.474. The van der Waals surface area contributed by atoms with Crippen LogP contribution in [0.1, 0.15) is 37.1 Å². The van der Waals surface area contributed by atoms with E-state index in [1.807, 2.05) is 44.2 Å². The molecule has 0 spiro atoms. The third-order valence-corrected chi connectivity index (χ3v) is 3.59. The third kappa shape index (κ3) is 3.34. The van der Waals surface area contributed by atoms with Crippen molar-refractivity contribution in [3.8, 4) is 0 Å². The van der Waals surface area contributed by atoms with Crippen LogP contribution in [0.25, 0.3) is 0 Å². The Balaban J connectivity index is 2.13. The topological polar surface area (TPSA) is 12.0 Å². The van der Waals surface area contributed by atoms with Gasteiger partial charge in [0.15, 0.2) is 0 Å². The highest BCUT2D eigenvalue weighted by Gasteiger charge is 2.15. The van der Waals surface area contributed by atoms with Crippen molar-refractivity contribution >= 4 is 11.6 Å². The van der Waals surface area contributed by atoms with E-state index in [1.165, 1.54) is 6.07 Å². The first-order valence-corrected chi connectivity index (χ1v) is 6.72. The van der Waals surface area contributed by atoms with Gasteiger partial charge in [-0.3, -0.25) is 0 Å². The molecule has 2 aromatic rings. The highest BCUT2D eigenvalue weighted by Crippen LogP contribution is 2.25. The molecule has 0 aliphatic carbocycles. The summed E-state index contributed by atoms with van der Waals surface area (Å²) in [5.41, 5.74) is 1.69. The van der Waals surface area contributed by atoms with Crippen LogP contribution in [0, 0.1) is 5.82 Å². The van der Waals surface area contributed by atoms with Crippen molar-refractivity contribution in [2.24, 2.45) is 0 Å². The van der Waals surface area contributed by atoms with Gasteiger partial charge in [0.2, 0.25) is 0 Å². The Morgan fingerprint density at radius 2 is 1.42 bits per heavy atom. The number of nitrogens with one attached hydrogen (secondary N) is 1. The van der Waals surface area contributed by atoms with Gasteiger partial charge >= 0.3 is 0 Å². The van der Waals surface area contributed by atoms with E-state index in [2.05, 4.69) is 5.32 Å². The van der Waals surface area contributed by atoms with Crippen LogP contribution in [0.15, 0.2) is 48.5 Å². The molecule has 0 bridgehead atoms. The Morgan fingerprint density at radius 1 is 0.895 bits per heavy atom. The van der Waals surface area contributed by atoms with Gasteiger partial charge in [0, 0.05) is 22.7 Å². The Morgan fingerprint density at radius 3 is 2.05 bits per heavy atom. The SMILES string of the molecule is CC(N[C@@H](C)c1ccccc1Cl)c1ccccc1F. The summed E-state index contributed by atoms with van der Waals surface area (Å²) >= 11 is 6.17. The van der Waals surface area contributed by atoms with E-state index in [1.54, 1.807) is 12.1 Å². The van der Waals surface area contributed by atoms with Crippen LogP contribution in [0.3, 0.4) is 0 Å². The van der Waals surface area contributed by atoms with Crippen LogP contribution in [0.2, 0.25) is 5.02 Å². The molecule has 2 rings (SSSR count). The fraction of sp³-hybridized carbons (Fsp3) is 0.250. The smallest absolute Gasteiger partial charge is 0.127 e. The van der Waals surface area contributed by atoms with Gasteiger partial charge in [-0.05, 0) is 31.5 Å². The Kier molecular flexibility index (Phi) is 4.56. The monoisotopic (exact) mass is 277 g/mol. The van der Waals surface area contributed by atoms with Gasteiger partial charge in [0.05, 0.1) is 0 Å². The maximum absolute atomic E-state index is 13.7. The highest BCUT2D eigenvalue weighted by molar-refractivity contribution is 6.31. The zero-order valence-electron chi connectivity index (χ0n) is 11.0. The standard InChI is InChI=1S/C16H17ClFN/c1-11(13-7-3-5-9-15(13)17)19-12(2)14-8-4-6-10-16(14)18/h3-12,19H,1-2H3/t11-,12?/m0/s1. The molecule has 0 fully saturated rings. The van der Waals surface area contributed by atoms with Crippen LogP contribution in [-0.2, 0) is 0 Å². The molecule has 3 heteroatoms. The van der Waals surface area contributed by atoms with Crippen molar-refractivity contribution in [1.82, 2.24) is 5.32 Å². The van der Waals surface area contributed by atoms with Gasteiger partial charge in [-0.1, -0.05) is 48.0 Å². The molecule has 0 saturated carbocycles. The predicted molar refractivity (Wildman–Crippen MR) is 77.8 cm³/mol. The van der Waals surface area contributed by atoms with Gasteiger partial charge in [0.25, 0.3) is 0 Å². The van der Waals surface area contributed by atoms with Gasteiger partial charge in [-0.15, -0.1) is 0 Å². The van der Waals surface area contributed by atoms with Gasteiger partial charge < -0.3 is 5.32 Å². The molecule has 0 aliphatic heterocycles. The minimum Gasteiger partial charge on any atom is -0.303 e. The molecule has 0 radical (unpaired) electrons. The molecule has 0 aliphatic rings. The van der Waals surface area contributed by atoms with E-state index in [0.717, 1.165) is 10.6 Å². The predicted octanol–water partition coefficient (Wildman–Crippen LogP) is 4.89. The van der Waals surface area contributed by atoms with Gasteiger partial charge in [0.1, 0.15) is 5.82 Å². The van der Waals surface area contributed by atoms with E-state index in [4.69, 9.17) is 11.6 Å². The Labute approximate surface area is 118 Å². The summed E-state index contributed by atoms with van der Waals surface area (Å²) in [6, 6.07) is 14.5. The van der Waals surface area contributed by atoms with E-state index < -0.39 is 0 Å². The first kappa shape index (κ1) is 14.0. The quantitative estimate of drug-likeness (QED) is 0.839. The normalized spacial score (nSPS) is 14.1. The molecule has 1 unspecified atom stereocenters. The van der Waals surface area contributed by atoms with Crippen LogP contribution < -0.4 is 5.32 Å². The molecule has 2 aromatic carbocycles. The van der Waals surface area contributed by atoms with Crippen LogP contribution in [0.4, 0.5) is 4.39 Å². The number of hydrogen-bond acceptors (Lipinski definition) is 1. The summed E-state index contributed by atoms with van der Waals surface area (Å²) in [4.78, 5) is 0. The first-order chi connectivity index (χ1) is 9.09. The van der Waals surface area contributed by atoms with Gasteiger partial charge in [-0.2, -0.15) is 0 Å². The van der Waals surface area contributed by atoms with Crippen LogP contribution >= 0.6 is 11.6 Å². The van der Waals surface area contributed by atoms with Crippen molar-refractivity contribution in [2.45, 2.75) is 25.9 Å². The second kappa shape index (κ2) is 6.18. The summed E-state index contributed by atoms with van der Waals surface area (Å²) in [6.45, 7) is 3.98. The second-order valence-electron chi connectivity index (χ2n) is 4.65. The van der Waals surface area contributed by atoms with E-state index in [0.29, 0.717) is 5.56 Å². The highest BCUT2D eigenvalue weighted by atomic mass is 35.5. The Bertz CT molecular complexity index is 506.